The van der Waals surface area contributed by atoms with Crippen LogP contribution in [0.4, 0.5) is 0 Å². The van der Waals surface area contributed by atoms with Gasteiger partial charge in [0.15, 0.2) is 0 Å². The van der Waals surface area contributed by atoms with Crippen LogP contribution in [-0.2, 0) is 13.1 Å². The maximum Gasteiger partial charge on any atom is 0.0897 e. The summed E-state index contributed by atoms with van der Waals surface area (Å²) in [4.78, 5) is 7.93. The van der Waals surface area contributed by atoms with Crippen molar-refractivity contribution in [3.63, 3.8) is 0 Å². The van der Waals surface area contributed by atoms with Crippen LogP contribution in [0.15, 0.2) is 36.5 Å². The summed E-state index contributed by atoms with van der Waals surface area (Å²) in [6.45, 7) is 5.46. The Morgan fingerprint density at radius 2 is 2.18 bits per heavy atom. The number of thiazole rings is 1. The summed E-state index contributed by atoms with van der Waals surface area (Å²) in [5.74, 6) is 0. The molecule has 0 aliphatic carbocycles. The van der Waals surface area contributed by atoms with Crippen molar-refractivity contribution >= 4 is 11.3 Å². The highest BCUT2D eigenvalue weighted by Gasteiger charge is 2.30. The molecule has 0 radical (unpaired) electrons. The van der Waals surface area contributed by atoms with Crippen molar-refractivity contribution in [3.05, 3.63) is 52.0 Å². The van der Waals surface area contributed by atoms with E-state index >= 15 is 0 Å². The van der Waals surface area contributed by atoms with Crippen LogP contribution in [0, 0.1) is 6.92 Å². The zero-order valence-electron chi connectivity index (χ0n) is 12.9. The predicted octanol–water partition coefficient (Wildman–Crippen LogP) is 2.18. The zero-order valence-corrected chi connectivity index (χ0v) is 13.7. The van der Waals surface area contributed by atoms with Crippen molar-refractivity contribution in [2.24, 2.45) is 0 Å². The van der Waals surface area contributed by atoms with Crippen LogP contribution < -0.4 is 5.32 Å². The molecule has 0 amide bonds. The molecular weight excluding hydrogens is 294 g/mol. The van der Waals surface area contributed by atoms with Crippen molar-refractivity contribution in [1.29, 1.82) is 0 Å². The van der Waals surface area contributed by atoms with E-state index in [1.165, 1.54) is 10.4 Å². The molecule has 1 aromatic carbocycles. The molecule has 4 nitrogen and oxygen atoms in total. The van der Waals surface area contributed by atoms with E-state index in [0.717, 1.165) is 37.6 Å². The number of likely N-dealkylation sites (tertiary alicyclic amines) is 1. The molecule has 2 aromatic rings. The van der Waals surface area contributed by atoms with E-state index in [0.29, 0.717) is 6.04 Å². The molecule has 2 unspecified atom stereocenters. The summed E-state index contributed by atoms with van der Waals surface area (Å²) in [6.07, 6.45) is 2.58. The Morgan fingerprint density at radius 1 is 1.36 bits per heavy atom. The number of rotatable bonds is 6. The van der Waals surface area contributed by atoms with E-state index < -0.39 is 0 Å². The van der Waals surface area contributed by atoms with Crippen LogP contribution >= 0.6 is 11.3 Å². The number of hydrogen-bond donors (Lipinski definition) is 2. The van der Waals surface area contributed by atoms with E-state index in [9.17, 15) is 5.11 Å². The Labute approximate surface area is 135 Å². The lowest BCUT2D eigenvalue weighted by Crippen LogP contribution is -2.37. The second-order valence-corrected chi connectivity index (χ2v) is 7.25. The number of nitrogens with zero attached hydrogens (tertiary/aromatic N) is 2. The fraction of sp³-hybridized carbons (Fsp3) is 0.471. The lowest BCUT2D eigenvalue weighted by Gasteiger charge is -2.24. The first-order valence-electron chi connectivity index (χ1n) is 7.79. The van der Waals surface area contributed by atoms with Gasteiger partial charge in [-0.25, -0.2) is 4.98 Å². The molecule has 2 N–H and O–H groups in total. The molecule has 118 valence electrons. The molecule has 2 heterocycles. The van der Waals surface area contributed by atoms with Crippen LogP contribution in [0.5, 0.6) is 0 Å². The minimum Gasteiger partial charge on any atom is -0.392 e. The molecule has 0 spiro atoms. The molecule has 0 saturated carbocycles. The molecule has 1 saturated heterocycles. The SMILES string of the molecule is Cc1ncc(CNCC2CC(O)CN2Cc2ccccc2)s1. The van der Waals surface area contributed by atoms with Gasteiger partial charge in [0.1, 0.15) is 0 Å². The Balaban J connectivity index is 1.52. The minimum absolute atomic E-state index is 0.207. The number of aliphatic hydroxyl groups excluding tert-OH is 1. The fourth-order valence-electron chi connectivity index (χ4n) is 3.03. The number of β-amino-alcohol motifs (C(OH)–C–C–N with tert-alkyl or cyclic N) is 1. The maximum atomic E-state index is 9.99. The number of aryl methyl sites for hydroxylation is 1. The maximum absolute atomic E-state index is 9.99. The predicted molar refractivity (Wildman–Crippen MR) is 89.8 cm³/mol. The summed E-state index contributed by atoms with van der Waals surface area (Å²) in [5, 5.41) is 14.6. The van der Waals surface area contributed by atoms with Crippen molar-refractivity contribution in [3.8, 4) is 0 Å². The first kappa shape index (κ1) is 15.6. The van der Waals surface area contributed by atoms with Crippen LogP contribution in [0.1, 0.15) is 21.9 Å². The third kappa shape index (κ3) is 4.14. The molecule has 0 bridgehead atoms. The largest absolute Gasteiger partial charge is 0.392 e. The summed E-state index contributed by atoms with van der Waals surface area (Å²) in [5.41, 5.74) is 1.31. The van der Waals surface area contributed by atoms with Gasteiger partial charge in [-0.1, -0.05) is 30.3 Å². The van der Waals surface area contributed by atoms with Crippen molar-refractivity contribution in [1.82, 2.24) is 15.2 Å². The highest BCUT2D eigenvalue weighted by molar-refractivity contribution is 7.11. The number of benzene rings is 1. The number of nitrogens with one attached hydrogen (secondary N) is 1. The Bertz CT molecular complexity index is 587. The highest BCUT2D eigenvalue weighted by Crippen LogP contribution is 2.20. The summed E-state index contributed by atoms with van der Waals surface area (Å²) in [6, 6.07) is 10.9. The van der Waals surface area contributed by atoms with Gasteiger partial charge in [0, 0.05) is 43.3 Å². The molecule has 2 atom stereocenters. The van der Waals surface area contributed by atoms with Gasteiger partial charge >= 0.3 is 0 Å². The third-order valence-corrected chi connectivity index (χ3v) is 5.00. The average Bonchev–Trinajstić information content (AvgIpc) is 3.06. The van der Waals surface area contributed by atoms with Gasteiger partial charge < -0.3 is 10.4 Å². The van der Waals surface area contributed by atoms with Crippen molar-refractivity contribution in [2.75, 3.05) is 13.1 Å². The van der Waals surface area contributed by atoms with Crippen LogP contribution in [0.25, 0.3) is 0 Å². The standard InChI is InChI=1S/C17H23N3OS/c1-13-19-10-17(22-13)9-18-8-15-7-16(21)12-20(15)11-14-5-3-2-4-6-14/h2-6,10,15-16,18,21H,7-9,11-12H2,1H3. The molecule has 1 aliphatic rings. The fourth-order valence-corrected chi connectivity index (χ4v) is 3.79. The van der Waals surface area contributed by atoms with E-state index in [1.54, 1.807) is 11.3 Å². The Morgan fingerprint density at radius 3 is 2.91 bits per heavy atom. The normalized spacial score (nSPS) is 22.3. The first-order chi connectivity index (χ1) is 10.7. The first-order valence-corrected chi connectivity index (χ1v) is 8.60. The van der Waals surface area contributed by atoms with E-state index in [-0.39, 0.29) is 6.10 Å². The topological polar surface area (TPSA) is 48.4 Å². The molecule has 1 fully saturated rings. The van der Waals surface area contributed by atoms with Crippen LogP contribution in [0.3, 0.4) is 0 Å². The molecular formula is C17H23N3OS. The van der Waals surface area contributed by atoms with Gasteiger partial charge in [-0.2, -0.15) is 0 Å². The van der Waals surface area contributed by atoms with Gasteiger partial charge in [0.05, 0.1) is 11.1 Å². The molecule has 1 aromatic heterocycles. The Kier molecular flexibility index (Phi) is 5.20. The van der Waals surface area contributed by atoms with Gasteiger partial charge in [0.25, 0.3) is 0 Å². The van der Waals surface area contributed by atoms with Crippen LogP contribution in [0.2, 0.25) is 0 Å². The average molecular weight is 317 g/mol. The van der Waals surface area contributed by atoms with Gasteiger partial charge in [-0.05, 0) is 18.9 Å². The van der Waals surface area contributed by atoms with Gasteiger partial charge in [-0.3, -0.25) is 4.90 Å². The van der Waals surface area contributed by atoms with Crippen LogP contribution in [-0.4, -0.2) is 40.2 Å². The lowest BCUT2D eigenvalue weighted by molar-refractivity contribution is 0.172. The third-order valence-electron chi connectivity index (χ3n) is 4.08. The molecule has 1 aliphatic heterocycles. The summed E-state index contributed by atoms with van der Waals surface area (Å²) < 4.78 is 0. The second-order valence-electron chi connectivity index (χ2n) is 5.93. The van der Waals surface area contributed by atoms with E-state index in [4.69, 9.17) is 0 Å². The quantitative estimate of drug-likeness (QED) is 0.857. The molecule has 5 heteroatoms. The number of aliphatic hydroxyl groups is 1. The van der Waals surface area contributed by atoms with Gasteiger partial charge in [0.2, 0.25) is 0 Å². The lowest BCUT2D eigenvalue weighted by atomic mass is 10.1. The summed E-state index contributed by atoms with van der Waals surface area (Å²) >= 11 is 1.74. The second kappa shape index (κ2) is 7.33. The molecule has 3 rings (SSSR count). The number of aromatic nitrogens is 1. The number of hydrogen-bond acceptors (Lipinski definition) is 5. The monoisotopic (exact) mass is 317 g/mol. The highest BCUT2D eigenvalue weighted by atomic mass is 32.1. The Hall–Kier alpha value is -1.27. The van der Waals surface area contributed by atoms with Crippen molar-refractivity contribution < 1.29 is 5.11 Å². The minimum atomic E-state index is -0.207. The zero-order chi connectivity index (χ0) is 15.4. The van der Waals surface area contributed by atoms with Crippen molar-refractivity contribution in [2.45, 2.75) is 38.6 Å². The smallest absolute Gasteiger partial charge is 0.0897 e. The van der Waals surface area contributed by atoms with Gasteiger partial charge in [-0.15, -0.1) is 11.3 Å². The van der Waals surface area contributed by atoms with E-state index in [1.807, 2.05) is 19.2 Å². The van der Waals surface area contributed by atoms with E-state index in [2.05, 4.69) is 39.5 Å². The summed E-state index contributed by atoms with van der Waals surface area (Å²) in [7, 11) is 0. The molecule has 22 heavy (non-hydrogen) atoms.